The van der Waals surface area contributed by atoms with Crippen molar-refractivity contribution in [1.82, 2.24) is 14.5 Å². The second kappa shape index (κ2) is 6.64. The molecule has 0 atom stereocenters. The van der Waals surface area contributed by atoms with Crippen molar-refractivity contribution in [2.24, 2.45) is 0 Å². The third kappa shape index (κ3) is 3.29. The Morgan fingerprint density at radius 1 is 1.04 bits per heavy atom. The minimum absolute atomic E-state index is 0.00710. The first-order valence-electron chi connectivity index (χ1n) is 8.05. The number of benzene rings is 2. The second-order valence-electron chi connectivity index (χ2n) is 5.96. The first-order chi connectivity index (χ1) is 13.0. The topological polar surface area (TPSA) is 62.7 Å². The van der Waals surface area contributed by atoms with Gasteiger partial charge in [0.25, 0.3) is 0 Å². The van der Waals surface area contributed by atoms with Crippen LogP contribution in [-0.2, 0) is 6.54 Å². The molecule has 0 aliphatic rings. The molecule has 0 saturated heterocycles. The van der Waals surface area contributed by atoms with Gasteiger partial charge in [0, 0.05) is 23.3 Å². The summed E-state index contributed by atoms with van der Waals surface area (Å²) in [7, 11) is 0. The largest absolute Gasteiger partial charge is 0.361 e. The van der Waals surface area contributed by atoms with Crippen molar-refractivity contribution in [2.75, 3.05) is 5.32 Å². The van der Waals surface area contributed by atoms with Gasteiger partial charge < -0.3 is 14.9 Å². The van der Waals surface area contributed by atoms with Crippen molar-refractivity contribution in [3.8, 4) is 0 Å². The van der Waals surface area contributed by atoms with E-state index in [-0.39, 0.29) is 12.5 Å². The number of aromatic amines is 1. The number of hydrogen-bond acceptors (Lipinski definition) is 3. The van der Waals surface area contributed by atoms with Crippen LogP contribution in [0, 0.1) is 17.5 Å². The molecule has 0 aliphatic heterocycles. The van der Waals surface area contributed by atoms with Crippen LogP contribution in [-0.4, -0.2) is 14.5 Å². The molecule has 2 heterocycles. The number of fused-ring (bicyclic) bond motifs is 1. The molecule has 0 unspecified atom stereocenters. The zero-order chi connectivity index (χ0) is 19.0. The van der Waals surface area contributed by atoms with Gasteiger partial charge in [0.2, 0.25) is 11.8 Å². The highest BCUT2D eigenvalue weighted by atomic mass is 19.2. The van der Waals surface area contributed by atoms with E-state index in [0.29, 0.717) is 11.3 Å². The lowest BCUT2D eigenvalue weighted by Gasteiger charge is -2.15. The van der Waals surface area contributed by atoms with Crippen molar-refractivity contribution < 1.29 is 13.2 Å². The van der Waals surface area contributed by atoms with Crippen LogP contribution >= 0.6 is 0 Å². The van der Waals surface area contributed by atoms with E-state index in [2.05, 4.69) is 15.3 Å². The Hall–Kier alpha value is -3.55. The van der Waals surface area contributed by atoms with Crippen LogP contribution in [0.25, 0.3) is 10.9 Å². The number of hydrogen-bond donors (Lipinski definition) is 2. The fourth-order valence-electron chi connectivity index (χ4n) is 2.84. The van der Waals surface area contributed by atoms with Gasteiger partial charge in [0.15, 0.2) is 11.6 Å². The molecule has 0 fully saturated rings. The molecule has 0 aliphatic carbocycles. The number of halogens is 3. The Bertz CT molecular complexity index is 1200. The first-order valence-corrected chi connectivity index (χ1v) is 8.05. The predicted molar refractivity (Wildman–Crippen MR) is 95.5 cm³/mol. The number of nitrogens with zero attached hydrogens (tertiary/aromatic N) is 2. The van der Waals surface area contributed by atoms with Gasteiger partial charge in [-0.15, -0.1) is 0 Å². The molecule has 4 rings (SSSR count). The van der Waals surface area contributed by atoms with Gasteiger partial charge in [-0.3, -0.25) is 4.79 Å². The SMILES string of the molecule is O=c1nc(Nc2cccc3[nH]ccc23)n(Cc2ccc(F)c(F)c2)cc1F. The third-order valence-corrected chi connectivity index (χ3v) is 4.13. The smallest absolute Gasteiger partial charge is 0.310 e. The van der Waals surface area contributed by atoms with E-state index in [4.69, 9.17) is 0 Å². The number of nitrogens with one attached hydrogen (secondary N) is 2. The lowest BCUT2D eigenvalue weighted by molar-refractivity contribution is 0.506. The Balaban J connectivity index is 1.75. The summed E-state index contributed by atoms with van der Waals surface area (Å²) in [5.74, 6) is -2.93. The number of H-pyrrole nitrogens is 1. The molecule has 136 valence electrons. The van der Waals surface area contributed by atoms with Gasteiger partial charge in [-0.2, -0.15) is 9.37 Å². The molecule has 5 nitrogen and oxygen atoms in total. The average Bonchev–Trinajstić information content (AvgIpc) is 3.12. The van der Waals surface area contributed by atoms with Crippen LogP contribution in [0.15, 0.2) is 59.7 Å². The Kier molecular flexibility index (Phi) is 4.15. The van der Waals surface area contributed by atoms with E-state index in [1.165, 1.54) is 10.6 Å². The van der Waals surface area contributed by atoms with E-state index in [0.717, 1.165) is 29.2 Å². The van der Waals surface area contributed by atoms with E-state index in [1.54, 1.807) is 12.3 Å². The van der Waals surface area contributed by atoms with Gasteiger partial charge >= 0.3 is 5.56 Å². The summed E-state index contributed by atoms with van der Waals surface area (Å²) >= 11 is 0. The van der Waals surface area contributed by atoms with Crippen molar-refractivity contribution in [3.63, 3.8) is 0 Å². The minimum atomic E-state index is -1.04. The van der Waals surface area contributed by atoms with Gasteiger partial charge in [0.05, 0.1) is 12.2 Å². The molecule has 0 spiro atoms. The highest BCUT2D eigenvalue weighted by Crippen LogP contribution is 2.25. The van der Waals surface area contributed by atoms with Crippen molar-refractivity contribution in [1.29, 1.82) is 0 Å². The molecule has 2 aromatic carbocycles. The maximum absolute atomic E-state index is 13.8. The van der Waals surface area contributed by atoms with Crippen LogP contribution in [0.2, 0.25) is 0 Å². The standard InChI is InChI=1S/C19H13F3N4O/c20-13-5-4-11(8-14(13)21)9-26-10-15(22)18(27)25-19(26)24-17-3-1-2-16-12(17)6-7-23-16/h1-8,10,23H,9H2,(H,24,25,27). The first kappa shape index (κ1) is 16.9. The van der Waals surface area contributed by atoms with Crippen molar-refractivity contribution in [3.05, 3.63) is 88.2 Å². The van der Waals surface area contributed by atoms with Crippen molar-refractivity contribution in [2.45, 2.75) is 6.54 Å². The van der Waals surface area contributed by atoms with Crippen LogP contribution < -0.4 is 10.9 Å². The predicted octanol–water partition coefficient (Wildman–Crippen LogP) is 3.93. The molecular formula is C19H13F3N4O. The zero-order valence-corrected chi connectivity index (χ0v) is 13.8. The fourth-order valence-corrected chi connectivity index (χ4v) is 2.84. The van der Waals surface area contributed by atoms with E-state index in [9.17, 15) is 18.0 Å². The van der Waals surface area contributed by atoms with E-state index in [1.807, 2.05) is 18.2 Å². The number of rotatable bonds is 4. The highest BCUT2D eigenvalue weighted by molar-refractivity contribution is 5.93. The normalized spacial score (nSPS) is 11.1. The van der Waals surface area contributed by atoms with Crippen LogP contribution in [0.5, 0.6) is 0 Å². The van der Waals surface area contributed by atoms with Gasteiger partial charge in [-0.1, -0.05) is 12.1 Å². The van der Waals surface area contributed by atoms with E-state index >= 15 is 0 Å². The molecule has 2 N–H and O–H groups in total. The summed E-state index contributed by atoms with van der Waals surface area (Å²) in [6, 6.07) is 10.7. The van der Waals surface area contributed by atoms with Crippen LogP contribution in [0.1, 0.15) is 5.56 Å². The Morgan fingerprint density at radius 3 is 2.70 bits per heavy atom. The summed E-state index contributed by atoms with van der Waals surface area (Å²) in [6.07, 6.45) is 2.75. The summed E-state index contributed by atoms with van der Waals surface area (Å²) in [6.45, 7) is -0.00710. The molecule has 2 aromatic heterocycles. The fraction of sp³-hybridized carbons (Fsp3) is 0.0526. The summed E-state index contributed by atoms with van der Waals surface area (Å²) in [5.41, 5.74) is 0.907. The minimum Gasteiger partial charge on any atom is -0.361 e. The second-order valence-corrected chi connectivity index (χ2v) is 5.96. The Morgan fingerprint density at radius 2 is 1.89 bits per heavy atom. The molecule has 0 bridgehead atoms. The summed E-state index contributed by atoms with van der Waals surface area (Å²) in [4.78, 5) is 18.5. The summed E-state index contributed by atoms with van der Waals surface area (Å²) in [5, 5.41) is 3.87. The Labute approximate surface area is 151 Å². The van der Waals surface area contributed by atoms with Gasteiger partial charge in [-0.25, -0.2) is 8.78 Å². The van der Waals surface area contributed by atoms with Crippen LogP contribution in [0.4, 0.5) is 24.8 Å². The lowest BCUT2D eigenvalue weighted by Crippen LogP contribution is -2.20. The van der Waals surface area contributed by atoms with Gasteiger partial charge in [0.1, 0.15) is 0 Å². The molecule has 0 amide bonds. The van der Waals surface area contributed by atoms with Crippen molar-refractivity contribution >= 4 is 22.5 Å². The van der Waals surface area contributed by atoms with Crippen LogP contribution in [0.3, 0.4) is 0 Å². The van der Waals surface area contributed by atoms with Gasteiger partial charge in [-0.05, 0) is 35.9 Å². The molecular weight excluding hydrogens is 357 g/mol. The molecule has 0 radical (unpaired) electrons. The molecule has 0 saturated carbocycles. The highest BCUT2D eigenvalue weighted by Gasteiger charge is 2.12. The third-order valence-electron chi connectivity index (χ3n) is 4.13. The number of aromatic nitrogens is 3. The molecule has 4 aromatic rings. The molecule has 27 heavy (non-hydrogen) atoms. The lowest BCUT2D eigenvalue weighted by atomic mass is 10.2. The zero-order valence-electron chi connectivity index (χ0n) is 13.8. The monoisotopic (exact) mass is 370 g/mol. The van der Waals surface area contributed by atoms with E-state index < -0.39 is 23.0 Å². The molecule has 8 heteroatoms. The maximum Gasteiger partial charge on any atom is 0.310 e. The maximum atomic E-state index is 13.8. The average molecular weight is 370 g/mol. The number of anilines is 2. The summed E-state index contributed by atoms with van der Waals surface area (Å²) < 4.78 is 41.7. The quantitative estimate of drug-likeness (QED) is 0.572.